The van der Waals surface area contributed by atoms with Gasteiger partial charge in [-0.3, -0.25) is 9.59 Å². The van der Waals surface area contributed by atoms with Crippen molar-refractivity contribution in [2.24, 2.45) is 0 Å². The van der Waals surface area contributed by atoms with Crippen molar-refractivity contribution in [3.8, 4) is 0 Å². The lowest BCUT2D eigenvalue weighted by atomic mass is 10.0. The smallest absolute Gasteiger partial charge is 0.250 e. The molecule has 0 radical (unpaired) electrons. The number of amides is 2. The van der Waals surface area contributed by atoms with Crippen LogP contribution in [0.3, 0.4) is 0 Å². The van der Waals surface area contributed by atoms with E-state index in [1.807, 2.05) is 6.92 Å². The Morgan fingerprint density at radius 3 is 2.84 bits per heavy atom. The largest absolute Gasteiger partial charge is 0.352 e. The average Bonchev–Trinajstić information content (AvgIpc) is 3.09. The first-order valence-electron chi connectivity index (χ1n) is 8.47. The first-order valence-corrected chi connectivity index (χ1v) is 10.8. The Bertz CT molecular complexity index is 688. The lowest BCUT2D eigenvalue weighted by molar-refractivity contribution is -0.134. The van der Waals surface area contributed by atoms with E-state index < -0.39 is 16.1 Å². The summed E-state index contributed by atoms with van der Waals surface area (Å²) in [6.45, 7) is 4.48. The molecule has 0 bridgehead atoms. The maximum absolute atomic E-state index is 12.6. The van der Waals surface area contributed by atoms with Gasteiger partial charge in [0.05, 0.1) is 6.04 Å². The number of likely N-dealkylation sites (tertiary alicyclic amines) is 1. The Balaban J connectivity index is 1.93. The second-order valence-corrected chi connectivity index (χ2v) is 9.10. The Labute approximate surface area is 152 Å². The summed E-state index contributed by atoms with van der Waals surface area (Å²) in [6.07, 6.45) is 2.87. The van der Waals surface area contributed by atoms with Gasteiger partial charge in [0, 0.05) is 25.6 Å². The van der Waals surface area contributed by atoms with Crippen LogP contribution in [-0.4, -0.2) is 50.3 Å². The lowest BCUT2D eigenvalue weighted by Gasteiger charge is -2.34. The zero-order valence-electron chi connectivity index (χ0n) is 14.5. The number of piperidine rings is 1. The van der Waals surface area contributed by atoms with Crippen LogP contribution in [0.2, 0.25) is 0 Å². The zero-order chi connectivity index (χ0) is 18.4. The molecule has 9 heteroatoms. The molecule has 2 heterocycles. The standard InChI is InChI=1S/C16H25N3O4S2/c1-3-6-14(20)17-13-7-4-9-19(11-13)16(21)12(2)18-25(22,23)15-8-5-10-24-15/h5,8,10,12-13,18H,3-4,6-7,9,11H2,1-2H3,(H,17,20). The highest BCUT2D eigenvalue weighted by Gasteiger charge is 2.30. The molecule has 1 aliphatic rings. The summed E-state index contributed by atoms with van der Waals surface area (Å²) < 4.78 is 27.1. The molecule has 25 heavy (non-hydrogen) atoms. The van der Waals surface area contributed by atoms with Gasteiger partial charge >= 0.3 is 0 Å². The molecular formula is C16H25N3O4S2. The predicted octanol–water partition coefficient (Wildman–Crippen LogP) is 1.32. The average molecular weight is 388 g/mol. The highest BCUT2D eigenvalue weighted by molar-refractivity contribution is 7.91. The molecule has 2 N–H and O–H groups in total. The minimum atomic E-state index is -3.69. The third kappa shape index (κ3) is 5.52. The van der Waals surface area contributed by atoms with Crippen LogP contribution in [0.25, 0.3) is 0 Å². The van der Waals surface area contributed by atoms with E-state index in [1.165, 1.54) is 6.07 Å². The summed E-state index contributed by atoms with van der Waals surface area (Å²) in [6, 6.07) is 2.24. The van der Waals surface area contributed by atoms with E-state index in [9.17, 15) is 18.0 Å². The number of nitrogens with one attached hydrogen (secondary N) is 2. The minimum absolute atomic E-state index is 0.00625. The van der Waals surface area contributed by atoms with Crippen LogP contribution in [0.15, 0.2) is 21.7 Å². The van der Waals surface area contributed by atoms with E-state index in [2.05, 4.69) is 10.0 Å². The molecule has 0 aliphatic carbocycles. The first kappa shape index (κ1) is 19.9. The number of nitrogens with zero attached hydrogens (tertiary/aromatic N) is 1. The van der Waals surface area contributed by atoms with Crippen LogP contribution >= 0.6 is 11.3 Å². The molecule has 0 aromatic carbocycles. The monoisotopic (exact) mass is 387 g/mol. The van der Waals surface area contributed by atoms with Gasteiger partial charge in [-0.05, 0) is 37.6 Å². The normalized spacial score (nSPS) is 19.4. The van der Waals surface area contributed by atoms with Gasteiger partial charge in [0.25, 0.3) is 10.0 Å². The van der Waals surface area contributed by atoms with Crippen molar-refractivity contribution in [2.75, 3.05) is 13.1 Å². The molecule has 1 saturated heterocycles. The third-order valence-electron chi connectivity index (χ3n) is 4.04. The predicted molar refractivity (Wildman–Crippen MR) is 96.8 cm³/mol. The van der Waals surface area contributed by atoms with E-state index in [4.69, 9.17) is 0 Å². The molecule has 2 amide bonds. The number of carbonyl (C=O) groups excluding carboxylic acids is 2. The SMILES string of the molecule is CCCC(=O)NC1CCCN(C(=O)C(C)NS(=O)(=O)c2cccs2)C1. The van der Waals surface area contributed by atoms with Crippen molar-refractivity contribution in [3.05, 3.63) is 17.5 Å². The maximum Gasteiger partial charge on any atom is 0.250 e. The molecule has 1 aliphatic heterocycles. The summed E-state index contributed by atoms with van der Waals surface area (Å²) in [7, 11) is -3.69. The molecule has 140 valence electrons. The maximum atomic E-state index is 12.6. The first-order chi connectivity index (χ1) is 11.8. The van der Waals surface area contributed by atoms with Crippen molar-refractivity contribution in [3.63, 3.8) is 0 Å². The number of sulfonamides is 1. The number of thiophene rings is 1. The van der Waals surface area contributed by atoms with Crippen molar-refractivity contribution in [2.45, 2.75) is 55.8 Å². The number of hydrogen-bond acceptors (Lipinski definition) is 5. The summed E-state index contributed by atoms with van der Waals surface area (Å²) in [4.78, 5) is 26.0. The van der Waals surface area contributed by atoms with Crippen LogP contribution in [0.5, 0.6) is 0 Å². The summed E-state index contributed by atoms with van der Waals surface area (Å²) in [5.74, 6) is -0.275. The molecular weight excluding hydrogens is 362 g/mol. The molecule has 2 atom stereocenters. The van der Waals surface area contributed by atoms with Crippen molar-refractivity contribution >= 4 is 33.2 Å². The Kier molecular flexibility index (Phi) is 6.97. The summed E-state index contributed by atoms with van der Waals surface area (Å²) in [5.41, 5.74) is 0. The second-order valence-electron chi connectivity index (χ2n) is 6.22. The Morgan fingerprint density at radius 2 is 2.20 bits per heavy atom. The van der Waals surface area contributed by atoms with Gasteiger partial charge in [-0.25, -0.2) is 8.42 Å². The van der Waals surface area contributed by atoms with Gasteiger partial charge in [0.15, 0.2) is 0 Å². The fourth-order valence-electron chi connectivity index (χ4n) is 2.85. The number of rotatable bonds is 7. The van der Waals surface area contributed by atoms with E-state index >= 15 is 0 Å². The van der Waals surface area contributed by atoms with Gasteiger partial charge in [-0.2, -0.15) is 4.72 Å². The fourth-order valence-corrected chi connectivity index (χ4v) is 5.06. The van der Waals surface area contributed by atoms with E-state index in [0.29, 0.717) is 19.5 Å². The molecule has 7 nitrogen and oxygen atoms in total. The molecule has 0 saturated carbocycles. The fraction of sp³-hybridized carbons (Fsp3) is 0.625. The van der Waals surface area contributed by atoms with E-state index in [-0.39, 0.29) is 22.1 Å². The number of hydrogen-bond donors (Lipinski definition) is 2. The van der Waals surface area contributed by atoms with Gasteiger partial charge in [0.1, 0.15) is 4.21 Å². The van der Waals surface area contributed by atoms with Crippen molar-refractivity contribution < 1.29 is 18.0 Å². The van der Waals surface area contributed by atoms with Gasteiger partial charge in [-0.1, -0.05) is 13.0 Å². The molecule has 1 aromatic rings. The minimum Gasteiger partial charge on any atom is -0.352 e. The zero-order valence-corrected chi connectivity index (χ0v) is 16.2. The van der Waals surface area contributed by atoms with Crippen LogP contribution in [0.4, 0.5) is 0 Å². The van der Waals surface area contributed by atoms with Gasteiger partial charge < -0.3 is 10.2 Å². The summed E-state index contributed by atoms with van der Waals surface area (Å²) in [5, 5.41) is 4.62. The highest BCUT2D eigenvalue weighted by Crippen LogP contribution is 2.17. The lowest BCUT2D eigenvalue weighted by Crippen LogP contribution is -2.54. The van der Waals surface area contributed by atoms with Crippen LogP contribution in [0.1, 0.15) is 39.5 Å². The molecule has 1 aromatic heterocycles. The highest BCUT2D eigenvalue weighted by atomic mass is 32.2. The Hall–Kier alpha value is -1.45. The van der Waals surface area contributed by atoms with Crippen molar-refractivity contribution in [1.82, 2.24) is 14.9 Å². The van der Waals surface area contributed by atoms with Crippen LogP contribution < -0.4 is 10.0 Å². The van der Waals surface area contributed by atoms with Gasteiger partial charge in [0.2, 0.25) is 11.8 Å². The van der Waals surface area contributed by atoms with E-state index in [0.717, 1.165) is 30.6 Å². The summed E-state index contributed by atoms with van der Waals surface area (Å²) >= 11 is 1.11. The van der Waals surface area contributed by atoms with Crippen molar-refractivity contribution in [1.29, 1.82) is 0 Å². The quantitative estimate of drug-likeness (QED) is 0.738. The molecule has 2 rings (SSSR count). The van der Waals surface area contributed by atoms with E-state index in [1.54, 1.807) is 23.3 Å². The molecule has 1 fully saturated rings. The topological polar surface area (TPSA) is 95.6 Å². The Morgan fingerprint density at radius 1 is 1.44 bits per heavy atom. The van der Waals surface area contributed by atoms with Crippen LogP contribution in [-0.2, 0) is 19.6 Å². The van der Waals surface area contributed by atoms with Crippen LogP contribution in [0, 0.1) is 0 Å². The third-order valence-corrected chi connectivity index (χ3v) is 6.98. The van der Waals surface area contributed by atoms with Gasteiger partial charge in [-0.15, -0.1) is 11.3 Å². The molecule has 2 unspecified atom stereocenters. The number of carbonyl (C=O) groups is 2. The second kappa shape index (κ2) is 8.77. The molecule has 0 spiro atoms.